The zero-order chi connectivity index (χ0) is 26.9. The van der Waals surface area contributed by atoms with Gasteiger partial charge in [0.15, 0.2) is 0 Å². The molecule has 0 spiro atoms. The van der Waals surface area contributed by atoms with Crippen LogP contribution in [0.4, 0.5) is 26.2 Å². The van der Waals surface area contributed by atoms with E-state index in [1.807, 2.05) is 0 Å². The second-order valence-corrected chi connectivity index (χ2v) is 9.17. The summed E-state index contributed by atoms with van der Waals surface area (Å²) < 4.78 is 18.9. The van der Waals surface area contributed by atoms with Crippen molar-refractivity contribution in [1.82, 2.24) is 4.90 Å². The van der Waals surface area contributed by atoms with Gasteiger partial charge in [-0.15, -0.1) is 0 Å². The van der Waals surface area contributed by atoms with Gasteiger partial charge in [-0.25, -0.2) is 18.9 Å². The first-order valence-corrected chi connectivity index (χ1v) is 11.5. The van der Waals surface area contributed by atoms with Gasteiger partial charge in [0.2, 0.25) is 0 Å². The number of nitrogens with one attached hydrogen (secondary N) is 1. The highest BCUT2D eigenvalue weighted by atomic mass is 19.1. The van der Waals surface area contributed by atoms with Crippen LogP contribution in [0.5, 0.6) is 0 Å². The number of hydrogen-bond donors (Lipinski definition) is 1. The predicted molar refractivity (Wildman–Crippen MR) is 136 cm³/mol. The minimum atomic E-state index is -1.17. The average Bonchev–Trinajstić information content (AvgIpc) is 3.04. The summed E-state index contributed by atoms with van der Waals surface area (Å²) in [6.07, 6.45) is 0. The molecule has 0 unspecified atom stereocenters. The van der Waals surface area contributed by atoms with E-state index in [0.29, 0.717) is 39.3 Å². The van der Waals surface area contributed by atoms with E-state index < -0.39 is 29.3 Å². The number of hydrogen-bond acceptors (Lipinski definition) is 6. The fraction of sp³-hybridized carbons (Fsp3) is 0.214. The van der Waals surface area contributed by atoms with E-state index in [-0.39, 0.29) is 6.54 Å². The molecular formula is C28H25FN4O4. The van der Waals surface area contributed by atoms with E-state index in [9.17, 15) is 24.0 Å². The van der Waals surface area contributed by atoms with Crippen LogP contribution in [0.15, 0.2) is 60.7 Å². The van der Waals surface area contributed by atoms with Gasteiger partial charge in [0.1, 0.15) is 11.4 Å². The maximum absolute atomic E-state index is 14.2. The van der Waals surface area contributed by atoms with Gasteiger partial charge < -0.3 is 15.0 Å². The van der Waals surface area contributed by atoms with Gasteiger partial charge in [0, 0.05) is 11.4 Å². The third kappa shape index (κ3) is 4.74. The lowest BCUT2D eigenvalue weighted by Gasteiger charge is -2.28. The van der Waals surface area contributed by atoms with Gasteiger partial charge in [-0.1, -0.05) is 6.07 Å². The number of urea groups is 1. The van der Waals surface area contributed by atoms with Gasteiger partial charge in [0.05, 0.1) is 36.5 Å². The van der Waals surface area contributed by atoms with Crippen molar-refractivity contribution in [3.05, 3.63) is 88.7 Å². The molecule has 3 amide bonds. The number of esters is 1. The Kier molecular flexibility index (Phi) is 6.68. The zero-order valence-electron chi connectivity index (χ0n) is 20.8. The molecule has 1 aliphatic heterocycles. The molecule has 9 heteroatoms. The topological polar surface area (TPSA) is 103 Å². The van der Waals surface area contributed by atoms with Crippen molar-refractivity contribution in [3.8, 4) is 6.07 Å². The van der Waals surface area contributed by atoms with Crippen LogP contribution in [0.25, 0.3) is 0 Å². The monoisotopic (exact) mass is 500 g/mol. The number of amides is 3. The molecule has 1 N–H and O–H groups in total. The SMILES string of the molecule is COC(=O)c1ccc(Nc2cc(F)ccc2CN2C(=O)N(c3ccc(C#N)c(C)c3)C(=O)C2(C)C)cc1. The van der Waals surface area contributed by atoms with E-state index in [1.165, 1.54) is 24.1 Å². The third-order valence-electron chi connectivity index (χ3n) is 6.40. The maximum atomic E-state index is 14.2. The summed E-state index contributed by atoms with van der Waals surface area (Å²) in [4.78, 5) is 41.1. The van der Waals surface area contributed by atoms with Crippen molar-refractivity contribution in [3.63, 3.8) is 0 Å². The number of anilines is 3. The number of aryl methyl sites for hydroxylation is 1. The zero-order valence-corrected chi connectivity index (χ0v) is 20.8. The summed E-state index contributed by atoms with van der Waals surface area (Å²) in [6.45, 7) is 5.09. The smallest absolute Gasteiger partial charge is 0.337 e. The van der Waals surface area contributed by atoms with E-state index in [0.717, 1.165) is 4.90 Å². The number of carbonyl (C=O) groups is 3. The second kappa shape index (κ2) is 9.74. The number of imide groups is 1. The molecule has 3 aromatic carbocycles. The summed E-state index contributed by atoms with van der Waals surface area (Å²) in [6, 6.07) is 17.0. The molecule has 37 heavy (non-hydrogen) atoms. The Morgan fingerprint density at radius 3 is 2.41 bits per heavy atom. The first kappa shape index (κ1) is 25.4. The Hall–Kier alpha value is -4.71. The molecule has 0 aromatic heterocycles. The van der Waals surface area contributed by atoms with Crippen LogP contribution in [0.3, 0.4) is 0 Å². The van der Waals surface area contributed by atoms with Crippen molar-refractivity contribution in [2.24, 2.45) is 0 Å². The molecule has 0 aliphatic carbocycles. The van der Waals surface area contributed by atoms with Crippen molar-refractivity contribution in [1.29, 1.82) is 5.26 Å². The molecule has 3 aromatic rings. The van der Waals surface area contributed by atoms with Crippen LogP contribution >= 0.6 is 0 Å². The average molecular weight is 501 g/mol. The van der Waals surface area contributed by atoms with Crippen molar-refractivity contribution < 1.29 is 23.5 Å². The minimum Gasteiger partial charge on any atom is -0.465 e. The Balaban J connectivity index is 1.64. The molecule has 1 saturated heterocycles. The summed E-state index contributed by atoms with van der Waals surface area (Å²) in [5, 5.41) is 12.3. The summed E-state index contributed by atoms with van der Waals surface area (Å²) >= 11 is 0. The lowest BCUT2D eigenvalue weighted by molar-refractivity contribution is -0.123. The van der Waals surface area contributed by atoms with Crippen LogP contribution < -0.4 is 10.2 Å². The summed E-state index contributed by atoms with van der Waals surface area (Å²) in [7, 11) is 1.29. The van der Waals surface area contributed by atoms with Crippen molar-refractivity contribution in [2.75, 3.05) is 17.3 Å². The van der Waals surface area contributed by atoms with E-state index in [4.69, 9.17) is 4.74 Å². The highest BCUT2D eigenvalue weighted by Gasteiger charge is 2.51. The minimum absolute atomic E-state index is 0.0339. The number of ether oxygens (including phenoxy) is 1. The predicted octanol–water partition coefficient (Wildman–Crippen LogP) is 5.28. The number of benzene rings is 3. The first-order chi connectivity index (χ1) is 17.6. The van der Waals surface area contributed by atoms with Crippen LogP contribution in [0.1, 0.15) is 40.9 Å². The van der Waals surface area contributed by atoms with Gasteiger partial charge >= 0.3 is 12.0 Å². The molecule has 0 atom stereocenters. The Labute approximate surface area is 213 Å². The van der Waals surface area contributed by atoms with Crippen LogP contribution in [0, 0.1) is 24.1 Å². The van der Waals surface area contributed by atoms with E-state index in [1.54, 1.807) is 69.3 Å². The quantitative estimate of drug-likeness (QED) is 0.365. The van der Waals surface area contributed by atoms with Crippen LogP contribution in [-0.4, -0.2) is 35.5 Å². The lowest BCUT2D eigenvalue weighted by Crippen LogP contribution is -2.43. The van der Waals surface area contributed by atoms with Gasteiger partial charge in [-0.05, 0) is 86.5 Å². The van der Waals surface area contributed by atoms with E-state index >= 15 is 0 Å². The molecule has 8 nitrogen and oxygen atoms in total. The Bertz CT molecular complexity index is 1440. The van der Waals surface area contributed by atoms with Crippen molar-refractivity contribution in [2.45, 2.75) is 32.9 Å². The number of halogens is 1. The van der Waals surface area contributed by atoms with Crippen LogP contribution in [-0.2, 0) is 16.1 Å². The Morgan fingerprint density at radius 2 is 1.78 bits per heavy atom. The van der Waals surface area contributed by atoms with Crippen molar-refractivity contribution >= 4 is 35.0 Å². The van der Waals surface area contributed by atoms with E-state index in [2.05, 4.69) is 11.4 Å². The largest absolute Gasteiger partial charge is 0.465 e. The number of rotatable bonds is 6. The molecule has 1 aliphatic rings. The van der Waals surface area contributed by atoms with Gasteiger partial charge in [0.25, 0.3) is 5.91 Å². The molecule has 188 valence electrons. The molecule has 0 saturated carbocycles. The number of nitrogens with zero attached hydrogens (tertiary/aromatic N) is 3. The molecule has 0 bridgehead atoms. The number of carbonyl (C=O) groups excluding carboxylic acids is 3. The number of methoxy groups -OCH3 is 1. The summed E-state index contributed by atoms with van der Waals surface area (Å²) in [5.74, 6) is -1.36. The highest BCUT2D eigenvalue weighted by Crippen LogP contribution is 2.35. The maximum Gasteiger partial charge on any atom is 0.337 e. The van der Waals surface area contributed by atoms with Gasteiger partial charge in [-0.3, -0.25) is 4.79 Å². The third-order valence-corrected chi connectivity index (χ3v) is 6.40. The lowest BCUT2D eigenvalue weighted by atomic mass is 10.0. The molecule has 1 heterocycles. The molecular weight excluding hydrogens is 475 g/mol. The summed E-state index contributed by atoms with van der Waals surface area (Å²) in [5.41, 5.74) is 2.28. The molecule has 4 rings (SSSR count). The standard InChI is InChI=1S/C28H25FN4O4/c1-17-13-23(12-8-19(17)15-30)33-26(35)28(2,3)32(27(33)36)16-20-5-9-21(29)14-24(20)31-22-10-6-18(7-11-22)25(34)37-4/h5-14,31H,16H2,1-4H3. The fourth-order valence-corrected chi connectivity index (χ4v) is 4.18. The van der Waals surface area contributed by atoms with Gasteiger partial charge in [-0.2, -0.15) is 5.26 Å². The normalized spacial score (nSPS) is 14.5. The molecule has 0 radical (unpaired) electrons. The Morgan fingerprint density at radius 1 is 1.08 bits per heavy atom. The van der Waals surface area contributed by atoms with Crippen LogP contribution in [0.2, 0.25) is 0 Å². The highest BCUT2D eigenvalue weighted by molar-refractivity contribution is 6.23. The first-order valence-electron chi connectivity index (χ1n) is 11.5. The second-order valence-electron chi connectivity index (χ2n) is 9.17. The molecule has 1 fully saturated rings. The fourth-order valence-electron chi connectivity index (χ4n) is 4.18. The number of nitriles is 1.